The summed E-state index contributed by atoms with van der Waals surface area (Å²) in [5, 5.41) is 2.63. The van der Waals surface area contributed by atoms with Crippen molar-refractivity contribution in [3.63, 3.8) is 0 Å². The molecule has 0 aliphatic heterocycles. The van der Waals surface area contributed by atoms with Crippen molar-refractivity contribution in [3.8, 4) is 5.75 Å². The van der Waals surface area contributed by atoms with E-state index >= 15 is 0 Å². The lowest BCUT2D eigenvalue weighted by Gasteiger charge is -2.12. The zero-order chi connectivity index (χ0) is 15.9. The SMILES string of the molecule is CCCCNS(=O)(=O)c1ccc(OC)c(NC(=O)CC)c1. The largest absolute Gasteiger partial charge is 0.495 e. The minimum Gasteiger partial charge on any atom is -0.495 e. The van der Waals surface area contributed by atoms with Crippen molar-refractivity contribution < 1.29 is 17.9 Å². The molecule has 0 fully saturated rings. The summed E-state index contributed by atoms with van der Waals surface area (Å²) in [6.07, 6.45) is 1.98. The van der Waals surface area contributed by atoms with E-state index in [1.54, 1.807) is 6.92 Å². The first-order valence-corrected chi connectivity index (χ1v) is 8.40. The Morgan fingerprint density at radius 2 is 2.00 bits per heavy atom. The highest BCUT2D eigenvalue weighted by Crippen LogP contribution is 2.27. The molecule has 1 rings (SSSR count). The van der Waals surface area contributed by atoms with Gasteiger partial charge >= 0.3 is 0 Å². The van der Waals surface area contributed by atoms with Crippen molar-refractivity contribution in [2.45, 2.75) is 38.0 Å². The summed E-state index contributed by atoms with van der Waals surface area (Å²) in [6.45, 7) is 4.09. The maximum Gasteiger partial charge on any atom is 0.240 e. The fourth-order valence-corrected chi connectivity index (χ4v) is 2.76. The van der Waals surface area contributed by atoms with Crippen LogP contribution in [0.5, 0.6) is 5.75 Å². The number of amides is 1. The Labute approximate surface area is 125 Å². The normalized spacial score (nSPS) is 11.2. The molecule has 0 unspecified atom stereocenters. The van der Waals surface area contributed by atoms with Crippen molar-refractivity contribution >= 4 is 21.6 Å². The number of hydrogen-bond acceptors (Lipinski definition) is 4. The number of anilines is 1. The van der Waals surface area contributed by atoms with E-state index in [-0.39, 0.29) is 10.8 Å². The van der Waals surface area contributed by atoms with Crippen molar-refractivity contribution in [3.05, 3.63) is 18.2 Å². The molecule has 1 aromatic carbocycles. The van der Waals surface area contributed by atoms with Crippen LogP contribution in [0.4, 0.5) is 5.69 Å². The van der Waals surface area contributed by atoms with E-state index in [4.69, 9.17) is 4.74 Å². The molecule has 21 heavy (non-hydrogen) atoms. The summed E-state index contributed by atoms with van der Waals surface area (Å²) in [7, 11) is -2.12. The van der Waals surface area contributed by atoms with Gasteiger partial charge in [-0.15, -0.1) is 0 Å². The van der Waals surface area contributed by atoms with Gasteiger partial charge in [-0.05, 0) is 24.6 Å². The third kappa shape index (κ3) is 5.02. The zero-order valence-corrected chi connectivity index (χ0v) is 13.4. The van der Waals surface area contributed by atoms with Crippen LogP contribution in [0.2, 0.25) is 0 Å². The minimum absolute atomic E-state index is 0.103. The summed E-state index contributed by atoms with van der Waals surface area (Å²) < 4.78 is 32.0. The van der Waals surface area contributed by atoms with E-state index in [9.17, 15) is 13.2 Å². The minimum atomic E-state index is -3.58. The Bertz CT molecular complexity index is 585. The molecule has 0 saturated heterocycles. The second-order valence-corrected chi connectivity index (χ2v) is 6.28. The number of hydrogen-bond donors (Lipinski definition) is 2. The van der Waals surface area contributed by atoms with Crippen molar-refractivity contribution in [2.24, 2.45) is 0 Å². The first-order chi connectivity index (χ1) is 9.94. The van der Waals surface area contributed by atoms with E-state index < -0.39 is 10.0 Å². The summed E-state index contributed by atoms with van der Waals surface area (Å²) in [5.74, 6) is 0.214. The molecule has 0 aliphatic carbocycles. The summed E-state index contributed by atoms with van der Waals surface area (Å²) in [6, 6.07) is 4.38. The van der Waals surface area contributed by atoms with Gasteiger partial charge < -0.3 is 10.1 Å². The lowest BCUT2D eigenvalue weighted by atomic mass is 10.3. The number of nitrogens with one attached hydrogen (secondary N) is 2. The highest BCUT2D eigenvalue weighted by molar-refractivity contribution is 7.89. The summed E-state index contributed by atoms with van der Waals surface area (Å²) in [5.41, 5.74) is 0.350. The van der Waals surface area contributed by atoms with Gasteiger partial charge in [0.05, 0.1) is 17.7 Å². The van der Waals surface area contributed by atoms with Crippen molar-refractivity contribution in [2.75, 3.05) is 19.0 Å². The molecule has 0 aromatic heterocycles. The van der Waals surface area contributed by atoms with E-state index in [1.807, 2.05) is 6.92 Å². The Morgan fingerprint density at radius 1 is 1.29 bits per heavy atom. The lowest BCUT2D eigenvalue weighted by molar-refractivity contribution is -0.115. The number of sulfonamides is 1. The summed E-state index contributed by atoms with van der Waals surface area (Å²) in [4.78, 5) is 11.6. The van der Waals surface area contributed by atoms with Gasteiger partial charge in [-0.25, -0.2) is 13.1 Å². The van der Waals surface area contributed by atoms with Crippen LogP contribution in [0.1, 0.15) is 33.1 Å². The molecule has 118 valence electrons. The smallest absolute Gasteiger partial charge is 0.240 e. The number of carbonyl (C=O) groups excluding carboxylic acids is 1. The molecule has 0 heterocycles. The number of unbranched alkanes of at least 4 members (excludes halogenated alkanes) is 1. The second-order valence-electron chi connectivity index (χ2n) is 4.52. The van der Waals surface area contributed by atoms with E-state index in [0.717, 1.165) is 12.8 Å². The maximum atomic E-state index is 12.1. The van der Waals surface area contributed by atoms with Crippen LogP contribution < -0.4 is 14.8 Å². The Balaban J connectivity index is 3.03. The average Bonchev–Trinajstić information content (AvgIpc) is 2.47. The fourth-order valence-electron chi connectivity index (χ4n) is 1.66. The number of carbonyl (C=O) groups is 1. The van der Waals surface area contributed by atoms with Gasteiger partial charge in [-0.2, -0.15) is 0 Å². The highest BCUT2D eigenvalue weighted by atomic mass is 32.2. The van der Waals surface area contributed by atoms with E-state index in [0.29, 0.717) is 24.4 Å². The van der Waals surface area contributed by atoms with Gasteiger partial charge in [0.1, 0.15) is 5.75 Å². The second kappa shape index (κ2) is 7.99. The molecule has 0 aliphatic rings. The first kappa shape index (κ1) is 17.5. The summed E-state index contributed by atoms with van der Waals surface area (Å²) >= 11 is 0. The molecular weight excluding hydrogens is 292 g/mol. The van der Waals surface area contributed by atoms with Crippen LogP contribution in [0.25, 0.3) is 0 Å². The predicted molar refractivity (Wildman–Crippen MR) is 82.0 cm³/mol. The molecule has 0 spiro atoms. The van der Waals surface area contributed by atoms with Crippen molar-refractivity contribution in [1.82, 2.24) is 4.72 Å². The predicted octanol–water partition coefficient (Wildman–Crippen LogP) is 2.12. The first-order valence-electron chi connectivity index (χ1n) is 6.92. The quantitative estimate of drug-likeness (QED) is 0.720. The molecule has 0 bridgehead atoms. The van der Waals surface area contributed by atoms with Gasteiger partial charge in [0.2, 0.25) is 15.9 Å². The van der Waals surface area contributed by atoms with E-state index in [1.165, 1.54) is 25.3 Å². The molecule has 0 saturated carbocycles. The van der Waals surface area contributed by atoms with Crippen LogP contribution >= 0.6 is 0 Å². The third-order valence-electron chi connectivity index (χ3n) is 2.90. The topological polar surface area (TPSA) is 84.5 Å². The van der Waals surface area contributed by atoms with Crippen molar-refractivity contribution in [1.29, 1.82) is 0 Å². The fraction of sp³-hybridized carbons (Fsp3) is 0.500. The van der Waals surface area contributed by atoms with E-state index in [2.05, 4.69) is 10.0 Å². The molecule has 1 aromatic rings. The monoisotopic (exact) mass is 314 g/mol. The third-order valence-corrected chi connectivity index (χ3v) is 4.36. The number of methoxy groups -OCH3 is 1. The van der Waals surface area contributed by atoms with Gasteiger partial charge in [-0.3, -0.25) is 4.79 Å². The number of rotatable bonds is 8. The average molecular weight is 314 g/mol. The van der Waals surface area contributed by atoms with Gasteiger partial charge in [0.25, 0.3) is 0 Å². The zero-order valence-electron chi connectivity index (χ0n) is 12.6. The number of ether oxygens (including phenoxy) is 1. The van der Waals surface area contributed by atoms with Gasteiger partial charge in [-0.1, -0.05) is 20.3 Å². The Kier molecular flexibility index (Phi) is 6.64. The molecule has 6 nitrogen and oxygen atoms in total. The molecule has 1 amide bonds. The van der Waals surface area contributed by atoms with Crippen LogP contribution in [-0.4, -0.2) is 28.0 Å². The molecule has 2 N–H and O–H groups in total. The molecule has 7 heteroatoms. The standard InChI is InChI=1S/C14H22N2O4S/c1-4-6-9-15-21(18,19)11-7-8-13(20-3)12(10-11)16-14(17)5-2/h7-8,10,15H,4-6,9H2,1-3H3,(H,16,17). The van der Waals surface area contributed by atoms with Crippen LogP contribution in [0.3, 0.4) is 0 Å². The lowest BCUT2D eigenvalue weighted by Crippen LogP contribution is -2.25. The van der Waals surface area contributed by atoms with Gasteiger partial charge in [0.15, 0.2) is 0 Å². The Morgan fingerprint density at radius 3 is 2.57 bits per heavy atom. The maximum absolute atomic E-state index is 12.1. The van der Waals surface area contributed by atoms with Crippen LogP contribution in [-0.2, 0) is 14.8 Å². The molecular formula is C14H22N2O4S. The van der Waals surface area contributed by atoms with Gasteiger partial charge in [0, 0.05) is 13.0 Å². The molecule has 0 radical (unpaired) electrons. The highest BCUT2D eigenvalue weighted by Gasteiger charge is 2.16. The molecule has 0 atom stereocenters. The number of benzene rings is 1. The van der Waals surface area contributed by atoms with Crippen LogP contribution in [0.15, 0.2) is 23.1 Å². The van der Waals surface area contributed by atoms with Crippen LogP contribution in [0, 0.1) is 0 Å². The Hall–Kier alpha value is -1.60.